The maximum Gasteiger partial charge on any atom is 0.196 e. The van der Waals surface area contributed by atoms with Crippen molar-refractivity contribution in [3.8, 4) is 5.75 Å². The van der Waals surface area contributed by atoms with Crippen molar-refractivity contribution in [1.29, 1.82) is 0 Å². The summed E-state index contributed by atoms with van der Waals surface area (Å²) in [7, 11) is 0. The third-order valence-corrected chi connectivity index (χ3v) is 4.84. The Kier molecular flexibility index (Phi) is 4.57. The average Bonchev–Trinajstić information content (AvgIpc) is 3.22. The summed E-state index contributed by atoms with van der Waals surface area (Å²) in [4.78, 5) is 20.1. The first-order valence-corrected chi connectivity index (χ1v) is 9.18. The zero-order valence-corrected chi connectivity index (χ0v) is 14.9. The Morgan fingerprint density at radius 1 is 1.08 bits per heavy atom. The monoisotopic (exact) mass is 346 g/mol. The summed E-state index contributed by atoms with van der Waals surface area (Å²) in [6, 6.07) is 15.4. The van der Waals surface area contributed by atoms with Crippen molar-refractivity contribution < 1.29 is 9.53 Å². The molecule has 132 valence electrons. The molecule has 2 aromatic carbocycles. The summed E-state index contributed by atoms with van der Waals surface area (Å²) in [6.07, 6.45) is 4.05. The second-order valence-electron chi connectivity index (χ2n) is 6.52. The number of ether oxygens (including phenoxy) is 1. The van der Waals surface area contributed by atoms with Gasteiger partial charge < -0.3 is 9.64 Å². The van der Waals surface area contributed by atoms with Crippen molar-refractivity contribution in [1.82, 2.24) is 4.98 Å². The van der Waals surface area contributed by atoms with Gasteiger partial charge in [0.2, 0.25) is 0 Å². The van der Waals surface area contributed by atoms with Crippen molar-refractivity contribution in [2.24, 2.45) is 0 Å². The van der Waals surface area contributed by atoms with Gasteiger partial charge >= 0.3 is 0 Å². The van der Waals surface area contributed by atoms with Crippen LogP contribution in [0.15, 0.2) is 54.7 Å². The summed E-state index contributed by atoms with van der Waals surface area (Å²) < 4.78 is 5.48. The van der Waals surface area contributed by atoms with Gasteiger partial charge in [-0.3, -0.25) is 9.78 Å². The number of pyridine rings is 1. The highest BCUT2D eigenvalue weighted by Crippen LogP contribution is 2.33. The number of carbonyl (C=O) groups excluding carboxylic acids is 1. The van der Waals surface area contributed by atoms with Gasteiger partial charge in [-0.15, -0.1) is 0 Å². The highest BCUT2D eigenvalue weighted by atomic mass is 16.5. The first-order chi connectivity index (χ1) is 12.8. The first kappa shape index (κ1) is 16.6. The Balaban J connectivity index is 1.79. The predicted octanol–water partition coefficient (Wildman–Crippen LogP) is 4.46. The lowest BCUT2D eigenvalue weighted by molar-refractivity contribution is 0.103. The lowest BCUT2D eigenvalue weighted by Crippen LogP contribution is -2.21. The molecule has 2 heterocycles. The quantitative estimate of drug-likeness (QED) is 0.640. The van der Waals surface area contributed by atoms with Crippen LogP contribution in [0.3, 0.4) is 0 Å². The second-order valence-corrected chi connectivity index (χ2v) is 6.52. The molecular weight excluding hydrogens is 324 g/mol. The summed E-state index contributed by atoms with van der Waals surface area (Å²) >= 11 is 0. The molecule has 0 aliphatic carbocycles. The molecule has 0 radical (unpaired) electrons. The van der Waals surface area contributed by atoms with Crippen LogP contribution in [-0.2, 0) is 0 Å². The number of benzene rings is 2. The molecule has 4 rings (SSSR count). The van der Waals surface area contributed by atoms with Gasteiger partial charge in [0, 0.05) is 30.2 Å². The number of hydrogen-bond acceptors (Lipinski definition) is 4. The zero-order chi connectivity index (χ0) is 17.9. The number of fused-ring (bicyclic) bond motifs is 1. The molecule has 1 aromatic heterocycles. The third-order valence-electron chi connectivity index (χ3n) is 4.84. The molecule has 4 nitrogen and oxygen atoms in total. The van der Waals surface area contributed by atoms with E-state index < -0.39 is 0 Å². The second kappa shape index (κ2) is 7.16. The van der Waals surface area contributed by atoms with Crippen molar-refractivity contribution in [3.05, 3.63) is 65.9 Å². The van der Waals surface area contributed by atoms with Gasteiger partial charge in [0.1, 0.15) is 5.75 Å². The van der Waals surface area contributed by atoms with Crippen LogP contribution in [0.2, 0.25) is 0 Å². The summed E-state index contributed by atoms with van der Waals surface area (Å²) in [5, 5.41) is 1.05. The van der Waals surface area contributed by atoms with Crippen molar-refractivity contribution >= 4 is 22.4 Å². The fourth-order valence-electron chi connectivity index (χ4n) is 3.60. The molecule has 1 saturated heterocycles. The van der Waals surface area contributed by atoms with Gasteiger partial charge in [-0.05, 0) is 50.1 Å². The number of carbonyl (C=O) groups is 1. The highest BCUT2D eigenvalue weighted by Gasteiger charge is 2.23. The third kappa shape index (κ3) is 3.03. The number of para-hydroxylation sites is 1. The maximum absolute atomic E-state index is 13.2. The van der Waals surface area contributed by atoms with Crippen molar-refractivity contribution in [3.63, 3.8) is 0 Å². The Hall–Kier alpha value is -2.88. The first-order valence-electron chi connectivity index (χ1n) is 9.18. The molecule has 0 N–H and O–H groups in total. The van der Waals surface area contributed by atoms with E-state index in [1.807, 2.05) is 49.4 Å². The summed E-state index contributed by atoms with van der Waals surface area (Å²) in [5.74, 6) is 0.786. The normalized spacial score (nSPS) is 14.0. The molecule has 4 heteroatoms. The molecule has 0 atom stereocenters. The zero-order valence-electron chi connectivity index (χ0n) is 14.9. The van der Waals surface area contributed by atoms with Crippen LogP contribution in [0.5, 0.6) is 5.75 Å². The van der Waals surface area contributed by atoms with E-state index in [-0.39, 0.29) is 5.78 Å². The molecular formula is C22H22N2O2. The van der Waals surface area contributed by atoms with Gasteiger partial charge in [0.15, 0.2) is 5.78 Å². The Labute approximate surface area is 153 Å². The highest BCUT2D eigenvalue weighted by molar-refractivity contribution is 6.16. The van der Waals surface area contributed by atoms with Crippen LogP contribution in [0.25, 0.3) is 10.9 Å². The molecule has 0 unspecified atom stereocenters. The molecule has 0 spiro atoms. The fraction of sp³-hybridized carbons (Fsp3) is 0.273. The Morgan fingerprint density at radius 2 is 1.81 bits per heavy atom. The smallest absolute Gasteiger partial charge is 0.196 e. The van der Waals surface area contributed by atoms with Crippen LogP contribution in [0.1, 0.15) is 35.7 Å². The van der Waals surface area contributed by atoms with Gasteiger partial charge in [0.25, 0.3) is 0 Å². The van der Waals surface area contributed by atoms with Crippen LogP contribution >= 0.6 is 0 Å². The molecule has 26 heavy (non-hydrogen) atoms. The van der Waals surface area contributed by atoms with E-state index in [9.17, 15) is 4.79 Å². The van der Waals surface area contributed by atoms with Gasteiger partial charge in [-0.25, -0.2) is 0 Å². The lowest BCUT2D eigenvalue weighted by Gasteiger charge is -2.22. The topological polar surface area (TPSA) is 42.4 Å². The largest absolute Gasteiger partial charge is 0.494 e. The molecule has 0 bridgehead atoms. The molecule has 1 aliphatic heterocycles. The molecule has 1 aliphatic rings. The minimum absolute atomic E-state index is 0.00759. The van der Waals surface area contributed by atoms with E-state index in [0.717, 1.165) is 48.3 Å². The van der Waals surface area contributed by atoms with Gasteiger partial charge in [-0.2, -0.15) is 0 Å². The minimum Gasteiger partial charge on any atom is -0.494 e. The number of nitrogens with zero attached hydrogens (tertiary/aromatic N) is 2. The maximum atomic E-state index is 13.2. The number of hydrogen-bond donors (Lipinski definition) is 0. The standard InChI is InChI=1S/C22H22N2O2/c1-2-26-17-11-9-16(10-12-17)22(25)19-15-23-20-8-4-3-7-18(20)21(19)24-13-5-6-14-24/h3-4,7-12,15H,2,5-6,13-14H2,1H3. The molecule has 0 saturated carbocycles. The van der Waals surface area contributed by atoms with E-state index in [4.69, 9.17) is 4.74 Å². The SMILES string of the molecule is CCOc1ccc(C(=O)c2cnc3ccccc3c2N2CCCC2)cc1. The van der Waals surface area contributed by atoms with Crippen molar-refractivity contribution in [2.45, 2.75) is 19.8 Å². The van der Waals surface area contributed by atoms with E-state index in [0.29, 0.717) is 17.7 Å². The Morgan fingerprint density at radius 3 is 2.54 bits per heavy atom. The van der Waals surface area contributed by atoms with E-state index >= 15 is 0 Å². The van der Waals surface area contributed by atoms with Gasteiger partial charge in [-0.1, -0.05) is 18.2 Å². The van der Waals surface area contributed by atoms with E-state index in [1.165, 1.54) is 0 Å². The van der Waals surface area contributed by atoms with Crippen molar-refractivity contribution in [2.75, 3.05) is 24.6 Å². The summed E-state index contributed by atoms with van der Waals surface area (Å²) in [6.45, 7) is 4.53. The average molecular weight is 346 g/mol. The number of rotatable bonds is 5. The summed E-state index contributed by atoms with van der Waals surface area (Å²) in [5.41, 5.74) is 3.28. The predicted molar refractivity (Wildman–Crippen MR) is 104 cm³/mol. The van der Waals surface area contributed by atoms with Crippen LogP contribution in [0.4, 0.5) is 5.69 Å². The van der Waals surface area contributed by atoms with Gasteiger partial charge in [0.05, 0.1) is 23.4 Å². The number of anilines is 1. The molecule has 1 fully saturated rings. The fourth-order valence-corrected chi connectivity index (χ4v) is 3.60. The number of aromatic nitrogens is 1. The molecule has 0 amide bonds. The minimum atomic E-state index is 0.00759. The van der Waals surface area contributed by atoms with Crippen LogP contribution in [0, 0.1) is 0 Å². The Bertz CT molecular complexity index is 929. The molecule has 3 aromatic rings. The van der Waals surface area contributed by atoms with E-state index in [2.05, 4.69) is 16.0 Å². The van der Waals surface area contributed by atoms with Crippen LogP contribution in [-0.4, -0.2) is 30.5 Å². The van der Waals surface area contributed by atoms with Crippen LogP contribution < -0.4 is 9.64 Å². The lowest BCUT2D eigenvalue weighted by atomic mass is 10.00. The number of ketones is 1. The van der Waals surface area contributed by atoms with E-state index in [1.54, 1.807) is 6.20 Å².